The Hall–Kier alpha value is -0.950. The minimum atomic E-state index is -1.41. The van der Waals surface area contributed by atoms with E-state index in [-0.39, 0.29) is 13.2 Å². The van der Waals surface area contributed by atoms with Crippen molar-refractivity contribution < 1.29 is 29.2 Å². The maximum absolute atomic E-state index is 10.7. The van der Waals surface area contributed by atoms with E-state index in [1.165, 1.54) is 0 Å². The first-order valence-electron chi connectivity index (χ1n) is 4.06. The van der Waals surface area contributed by atoms with Gasteiger partial charge >= 0.3 is 5.97 Å². The van der Waals surface area contributed by atoms with Crippen LogP contribution in [0.25, 0.3) is 0 Å². The molecule has 0 aromatic heterocycles. The maximum Gasteiger partial charge on any atom is 0.330 e. The van der Waals surface area contributed by atoms with Gasteiger partial charge in [0.2, 0.25) is 12.6 Å². The van der Waals surface area contributed by atoms with E-state index >= 15 is 0 Å². The summed E-state index contributed by atoms with van der Waals surface area (Å²) >= 11 is 0. The van der Waals surface area contributed by atoms with Crippen molar-refractivity contribution >= 4 is 5.97 Å². The first-order valence-corrected chi connectivity index (χ1v) is 4.06. The molecule has 1 aliphatic heterocycles. The molecule has 1 fully saturated rings. The summed E-state index contributed by atoms with van der Waals surface area (Å²) in [5.41, 5.74) is 0. The molecule has 0 aromatic carbocycles. The first kappa shape index (κ1) is 11.1. The summed E-state index contributed by atoms with van der Waals surface area (Å²) < 4.78 is 14.3. The number of rotatable bonds is 3. The molecule has 1 rings (SSSR count). The van der Waals surface area contributed by atoms with Crippen LogP contribution in [0.15, 0.2) is 12.7 Å². The highest BCUT2D eigenvalue weighted by Crippen LogP contribution is 2.11. The standard InChI is InChI=1S/C8H12O6/c1-2-6(9)12-3-5-4-13-7(10)8(11)14-5/h2,5,7-8,10-11H,1,3-4H2. The first-order chi connectivity index (χ1) is 6.63. The number of aliphatic hydroxyl groups excluding tert-OH is 2. The molecule has 3 unspecified atom stereocenters. The third kappa shape index (κ3) is 3.08. The van der Waals surface area contributed by atoms with Gasteiger partial charge in [-0.2, -0.15) is 0 Å². The summed E-state index contributed by atoms with van der Waals surface area (Å²) in [5.74, 6) is -0.575. The molecular weight excluding hydrogens is 192 g/mol. The van der Waals surface area contributed by atoms with Gasteiger partial charge in [0.15, 0.2) is 0 Å². The average molecular weight is 204 g/mol. The van der Waals surface area contributed by atoms with E-state index in [1.54, 1.807) is 0 Å². The van der Waals surface area contributed by atoms with Gasteiger partial charge in [0.1, 0.15) is 12.7 Å². The predicted molar refractivity (Wildman–Crippen MR) is 44.0 cm³/mol. The highest BCUT2D eigenvalue weighted by Gasteiger charge is 2.29. The van der Waals surface area contributed by atoms with Crippen LogP contribution in [0.3, 0.4) is 0 Å². The topological polar surface area (TPSA) is 85.2 Å². The van der Waals surface area contributed by atoms with E-state index in [0.717, 1.165) is 6.08 Å². The zero-order chi connectivity index (χ0) is 10.6. The highest BCUT2D eigenvalue weighted by atomic mass is 16.7. The quantitative estimate of drug-likeness (QED) is 0.442. The minimum absolute atomic E-state index is 0.0470. The molecule has 0 saturated carbocycles. The van der Waals surface area contributed by atoms with Crippen molar-refractivity contribution in [3.05, 3.63) is 12.7 Å². The molecule has 2 N–H and O–H groups in total. The second kappa shape index (κ2) is 5.06. The van der Waals surface area contributed by atoms with Gasteiger partial charge in [-0.05, 0) is 0 Å². The Morgan fingerprint density at radius 3 is 2.86 bits per heavy atom. The van der Waals surface area contributed by atoms with E-state index in [1.807, 2.05) is 0 Å². The minimum Gasteiger partial charge on any atom is -0.460 e. The van der Waals surface area contributed by atoms with Crippen molar-refractivity contribution in [2.24, 2.45) is 0 Å². The predicted octanol–water partition coefficient (Wildman–Crippen LogP) is -1.23. The molecule has 0 amide bonds. The van der Waals surface area contributed by atoms with Gasteiger partial charge in [0, 0.05) is 6.08 Å². The van der Waals surface area contributed by atoms with Crippen molar-refractivity contribution in [1.82, 2.24) is 0 Å². The van der Waals surface area contributed by atoms with Gasteiger partial charge in [0.05, 0.1) is 6.61 Å². The zero-order valence-electron chi connectivity index (χ0n) is 7.46. The number of esters is 1. The molecule has 0 aromatic rings. The Balaban J connectivity index is 2.26. The van der Waals surface area contributed by atoms with E-state index in [9.17, 15) is 4.79 Å². The largest absolute Gasteiger partial charge is 0.460 e. The van der Waals surface area contributed by atoms with Gasteiger partial charge in [0.25, 0.3) is 0 Å². The number of ether oxygens (including phenoxy) is 3. The van der Waals surface area contributed by atoms with Crippen molar-refractivity contribution in [2.75, 3.05) is 13.2 Å². The van der Waals surface area contributed by atoms with Gasteiger partial charge in [-0.1, -0.05) is 6.58 Å². The molecule has 80 valence electrons. The number of aliphatic hydroxyl groups is 2. The van der Waals surface area contributed by atoms with Gasteiger partial charge in [-0.15, -0.1) is 0 Å². The lowest BCUT2D eigenvalue weighted by Crippen LogP contribution is -2.45. The second-order valence-electron chi connectivity index (χ2n) is 2.71. The van der Waals surface area contributed by atoms with Crippen LogP contribution in [0, 0.1) is 0 Å². The number of hydrogen-bond acceptors (Lipinski definition) is 6. The van der Waals surface area contributed by atoms with Gasteiger partial charge in [-0.25, -0.2) is 4.79 Å². The lowest BCUT2D eigenvalue weighted by Gasteiger charge is -2.30. The van der Waals surface area contributed by atoms with Crippen LogP contribution in [-0.4, -0.2) is 48.1 Å². The number of hydrogen-bond donors (Lipinski definition) is 2. The Kier molecular flexibility index (Phi) is 4.02. The summed E-state index contributed by atoms with van der Waals surface area (Å²) in [4.78, 5) is 10.7. The third-order valence-electron chi connectivity index (χ3n) is 1.61. The van der Waals surface area contributed by atoms with Crippen molar-refractivity contribution in [1.29, 1.82) is 0 Å². The van der Waals surface area contributed by atoms with Crippen LogP contribution in [0.1, 0.15) is 0 Å². The number of carbonyl (C=O) groups excluding carboxylic acids is 1. The van der Waals surface area contributed by atoms with E-state index in [2.05, 4.69) is 11.3 Å². The molecule has 0 spiro atoms. The SMILES string of the molecule is C=CC(=O)OCC1COC(O)C(O)O1. The van der Waals surface area contributed by atoms with Crippen molar-refractivity contribution in [3.8, 4) is 0 Å². The lowest BCUT2D eigenvalue weighted by atomic mass is 10.3. The Morgan fingerprint density at radius 1 is 1.57 bits per heavy atom. The summed E-state index contributed by atoms with van der Waals surface area (Å²) in [6.45, 7) is 3.23. The molecule has 0 bridgehead atoms. The van der Waals surface area contributed by atoms with Crippen LogP contribution in [-0.2, 0) is 19.0 Å². The normalized spacial score (nSPS) is 32.3. The Bertz CT molecular complexity index is 216. The fourth-order valence-corrected chi connectivity index (χ4v) is 0.913. The maximum atomic E-state index is 10.7. The second-order valence-corrected chi connectivity index (χ2v) is 2.71. The van der Waals surface area contributed by atoms with Crippen molar-refractivity contribution in [3.63, 3.8) is 0 Å². The van der Waals surface area contributed by atoms with Crippen LogP contribution >= 0.6 is 0 Å². The summed E-state index contributed by atoms with van der Waals surface area (Å²) in [5, 5.41) is 17.9. The van der Waals surface area contributed by atoms with E-state index in [0.29, 0.717) is 0 Å². The molecular formula is C8H12O6. The average Bonchev–Trinajstić information content (AvgIpc) is 2.19. The van der Waals surface area contributed by atoms with Gasteiger partial charge in [-0.3, -0.25) is 0 Å². The van der Waals surface area contributed by atoms with Crippen molar-refractivity contribution in [2.45, 2.75) is 18.7 Å². The molecule has 3 atom stereocenters. The summed E-state index contributed by atoms with van der Waals surface area (Å²) in [7, 11) is 0. The molecule has 6 nitrogen and oxygen atoms in total. The Labute approximate surface area is 80.7 Å². The molecule has 0 aliphatic carbocycles. The monoisotopic (exact) mass is 204 g/mol. The van der Waals surface area contributed by atoms with E-state index < -0.39 is 24.7 Å². The molecule has 1 aliphatic rings. The summed E-state index contributed by atoms with van der Waals surface area (Å²) in [6, 6.07) is 0. The van der Waals surface area contributed by atoms with Crippen LogP contribution < -0.4 is 0 Å². The van der Waals surface area contributed by atoms with Gasteiger partial charge < -0.3 is 24.4 Å². The lowest BCUT2D eigenvalue weighted by molar-refractivity contribution is -0.318. The van der Waals surface area contributed by atoms with Crippen LogP contribution in [0.5, 0.6) is 0 Å². The Morgan fingerprint density at radius 2 is 2.29 bits per heavy atom. The molecule has 0 radical (unpaired) electrons. The summed E-state index contributed by atoms with van der Waals surface area (Å²) in [6.07, 6.45) is -2.30. The fraction of sp³-hybridized carbons (Fsp3) is 0.625. The molecule has 14 heavy (non-hydrogen) atoms. The third-order valence-corrected chi connectivity index (χ3v) is 1.61. The van der Waals surface area contributed by atoms with Crippen LogP contribution in [0.2, 0.25) is 0 Å². The van der Waals surface area contributed by atoms with E-state index in [4.69, 9.17) is 19.7 Å². The smallest absolute Gasteiger partial charge is 0.330 e. The molecule has 1 saturated heterocycles. The molecule has 1 heterocycles. The fourth-order valence-electron chi connectivity index (χ4n) is 0.913. The zero-order valence-corrected chi connectivity index (χ0v) is 7.46. The van der Waals surface area contributed by atoms with Crippen LogP contribution in [0.4, 0.5) is 0 Å². The number of carbonyl (C=O) groups is 1. The molecule has 6 heteroatoms. The highest BCUT2D eigenvalue weighted by molar-refractivity contribution is 5.81.